The molecule has 0 radical (unpaired) electrons. The maximum Gasteiger partial charge on any atom is 0.330 e. The third-order valence-corrected chi connectivity index (χ3v) is 3.37. The van der Waals surface area contributed by atoms with Crippen molar-refractivity contribution in [3.05, 3.63) is 37.6 Å². The molecule has 0 aliphatic heterocycles. The number of hydrogen-bond donors (Lipinski definition) is 2. The lowest BCUT2D eigenvalue weighted by Gasteiger charge is -2.27. The molecule has 8 heteroatoms. The van der Waals surface area contributed by atoms with E-state index in [1.807, 2.05) is 4.90 Å². The molecule has 0 unspecified atom stereocenters. The Bertz CT molecular complexity index is 660. The number of methoxy groups -OCH3 is 1. The summed E-state index contributed by atoms with van der Waals surface area (Å²) in [5, 5.41) is 2.68. The largest absolute Gasteiger partial charge is 0.500 e. The predicted molar refractivity (Wildman–Crippen MR) is 101 cm³/mol. The van der Waals surface area contributed by atoms with Crippen LogP contribution in [-0.2, 0) is 19.1 Å². The second-order valence-electron chi connectivity index (χ2n) is 5.19. The van der Waals surface area contributed by atoms with Crippen LogP contribution in [0.1, 0.15) is 6.92 Å². The smallest absolute Gasteiger partial charge is 0.330 e. The lowest BCUT2D eigenvalue weighted by Crippen LogP contribution is -2.31. The number of carbonyl (C=O) groups is 2. The molecule has 8 nitrogen and oxygen atoms in total. The zero-order chi connectivity index (χ0) is 19.5. The Morgan fingerprint density at radius 1 is 1.27 bits per heavy atom. The van der Waals surface area contributed by atoms with Crippen molar-refractivity contribution in [2.24, 2.45) is 0 Å². The zero-order valence-corrected chi connectivity index (χ0v) is 15.1. The van der Waals surface area contributed by atoms with Crippen LogP contribution < -0.4 is 20.7 Å². The first kappa shape index (κ1) is 20.9. The van der Waals surface area contributed by atoms with Crippen LogP contribution in [0.3, 0.4) is 0 Å². The number of nitrogen functional groups attached to an aromatic ring is 1. The molecule has 26 heavy (non-hydrogen) atoms. The van der Waals surface area contributed by atoms with E-state index in [1.165, 1.54) is 20.3 Å². The van der Waals surface area contributed by atoms with Crippen LogP contribution in [0.2, 0.25) is 0 Å². The van der Waals surface area contributed by atoms with E-state index in [1.54, 1.807) is 12.1 Å². The summed E-state index contributed by atoms with van der Waals surface area (Å²) in [6.07, 6.45) is 2.45. The highest BCUT2D eigenvalue weighted by atomic mass is 16.5. The van der Waals surface area contributed by atoms with E-state index < -0.39 is 5.97 Å². The summed E-state index contributed by atoms with van der Waals surface area (Å²) >= 11 is 0. The molecule has 3 N–H and O–H groups in total. The summed E-state index contributed by atoms with van der Waals surface area (Å²) in [4.78, 5) is 24.5. The van der Waals surface area contributed by atoms with Crippen molar-refractivity contribution in [3.8, 4) is 5.75 Å². The monoisotopic (exact) mass is 363 g/mol. The van der Waals surface area contributed by atoms with Gasteiger partial charge in [-0.1, -0.05) is 13.2 Å². The van der Waals surface area contributed by atoms with Gasteiger partial charge in [-0.2, -0.15) is 0 Å². The first-order valence-electron chi connectivity index (χ1n) is 7.94. The number of amides is 1. The van der Waals surface area contributed by atoms with E-state index in [0.29, 0.717) is 42.5 Å². The van der Waals surface area contributed by atoms with Crippen LogP contribution in [0, 0.1) is 0 Å². The molecule has 0 aliphatic carbocycles. The number of carbonyl (C=O) groups excluding carboxylic acids is 2. The van der Waals surface area contributed by atoms with Crippen molar-refractivity contribution < 1.29 is 23.8 Å². The molecule has 0 heterocycles. The van der Waals surface area contributed by atoms with Gasteiger partial charge in [-0.25, -0.2) is 4.79 Å². The fourth-order valence-electron chi connectivity index (χ4n) is 2.21. The quantitative estimate of drug-likeness (QED) is 0.204. The molecule has 142 valence electrons. The second kappa shape index (κ2) is 10.7. The summed E-state index contributed by atoms with van der Waals surface area (Å²) in [7, 11) is 1.52. The highest BCUT2D eigenvalue weighted by Gasteiger charge is 2.16. The van der Waals surface area contributed by atoms with Crippen LogP contribution >= 0.6 is 0 Å². The van der Waals surface area contributed by atoms with E-state index in [2.05, 4.69) is 18.5 Å². The maximum atomic E-state index is 11.4. The fourth-order valence-corrected chi connectivity index (χ4v) is 2.21. The molecular weight excluding hydrogens is 338 g/mol. The number of anilines is 3. The summed E-state index contributed by atoms with van der Waals surface area (Å²) in [6, 6.07) is 3.33. The van der Waals surface area contributed by atoms with Gasteiger partial charge in [0.05, 0.1) is 43.5 Å². The zero-order valence-electron chi connectivity index (χ0n) is 15.1. The molecule has 0 atom stereocenters. The number of nitrogens with zero attached hydrogens (tertiary/aromatic N) is 1. The van der Waals surface area contributed by atoms with Gasteiger partial charge in [-0.05, 0) is 6.07 Å². The minimum Gasteiger partial charge on any atom is -0.500 e. The van der Waals surface area contributed by atoms with Gasteiger partial charge in [-0.15, -0.1) is 0 Å². The van der Waals surface area contributed by atoms with E-state index in [0.717, 1.165) is 6.08 Å². The Hall–Kier alpha value is -3.16. The minimum atomic E-state index is -0.504. The van der Waals surface area contributed by atoms with Gasteiger partial charge in [0.15, 0.2) is 0 Å². The van der Waals surface area contributed by atoms with Crippen LogP contribution in [0.5, 0.6) is 5.75 Å². The molecule has 1 aromatic rings. The Labute approximate surface area is 153 Å². The molecule has 0 saturated carbocycles. The number of benzene rings is 1. The van der Waals surface area contributed by atoms with Crippen LogP contribution in [-0.4, -0.2) is 45.3 Å². The molecule has 0 spiro atoms. The molecule has 0 aromatic heterocycles. The summed E-state index contributed by atoms with van der Waals surface area (Å²) in [5.74, 6) is -0.227. The lowest BCUT2D eigenvalue weighted by atomic mass is 10.2. The second-order valence-corrected chi connectivity index (χ2v) is 5.19. The number of nitrogens with two attached hydrogens (primary N) is 1. The number of rotatable bonds is 11. The molecule has 1 aromatic carbocycles. The number of hydrogen-bond acceptors (Lipinski definition) is 7. The maximum absolute atomic E-state index is 11.4. The van der Waals surface area contributed by atoms with Gasteiger partial charge in [0.1, 0.15) is 19.0 Å². The number of nitrogens with one attached hydrogen (secondary N) is 1. The lowest BCUT2D eigenvalue weighted by molar-refractivity contribution is -0.137. The van der Waals surface area contributed by atoms with E-state index in [4.69, 9.17) is 19.9 Å². The van der Waals surface area contributed by atoms with Crippen molar-refractivity contribution in [2.45, 2.75) is 6.92 Å². The van der Waals surface area contributed by atoms with Crippen LogP contribution in [0.25, 0.3) is 0 Å². The highest BCUT2D eigenvalue weighted by molar-refractivity contribution is 5.94. The third-order valence-electron chi connectivity index (χ3n) is 3.37. The SMILES string of the molecule is C=COCCN(CCOC(=O)C=C)c1cc(NC(C)=O)c(N)cc1OC. The molecule has 1 rings (SSSR count). The molecular formula is C18H25N3O5. The van der Waals surface area contributed by atoms with Crippen LogP contribution in [0.15, 0.2) is 37.6 Å². The number of esters is 1. The predicted octanol–water partition coefficient (Wildman–Crippen LogP) is 1.93. The van der Waals surface area contributed by atoms with Gasteiger partial charge in [0.2, 0.25) is 5.91 Å². The van der Waals surface area contributed by atoms with Gasteiger partial charge >= 0.3 is 5.97 Å². The van der Waals surface area contributed by atoms with Crippen molar-refractivity contribution in [1.82, 2.24) is 0 Å². The topological polar surface area (TPSA) is 103 Å². The van der Waals surface area contributed by atoms with Gasteiger partial charge < -0.3 is 30.2 Å². The molecule has 1 amide bonds. The van der Waals surface area contributed by atoms with Crippen molar-refractivity contribution in [3.63, 3.8) is 0 Å². The average Bonchev–Trinajstić information content (AvgIpc) is 2.61. The Morgan fingerprint density at radius 2 is 1.96 bits per heavy atom. The molecule has 0 saturated heterocycles. The van der Waals surface area contributed by atoms with Crippen molar-refractivity contribution >= 4 is 28.9 Å². The Balaban J connectivity index is 3.10. The van der Waals surface area contributed by atoms with E-state index in [-0.39, 0.29) is 12.5 Å². The summed E-state index contributed by atoms with van der Waals surface area (Å²) in [6.45, 7) is 9.61. The standard InChI is InChI=1S/C18H25N3O5/c1-5-18(23)26-10-8-21(7-9-25-6-2)16-12-15(20-13(3)22)14(19)11-17(16)24-4/h5-6,11-12H,1-2,7-10,19H2,3-4H3,(H,20,22). The third kappa shape index (κ3) is 6.39. The van der Waals surface area contributed by atoms with Gasteiger partial charge in [0, 0.05) is 19.1 Å². The fraction of sp³-hybridized carbons (Fsp3) is 0.333. The van der Waals surface area contributed by atoms with Gasteiger partial charge in [-0.3, -0.25) is 4.79 Å². The normalized spacial score (nSPS) is 9.77. The summed E-state index contributed by atoms with van der Waals surface area (Å²) < 4.78 is 15.6. The van der Waals surface area contributed by atoms with E-state index in [9.17, 15) is 9.59 Å². The Kier molecular flexibility index (Phi) is 8.56. The summed E-state index contributed by atoms with van der Waals surface area (Å²) in [5.41, 5.74) is 7.48. The average molecular weight is 363 g/mol. The minimum absolute atomic E-state index is 0.141. The molecule has 0 bridgehead atoms. The first-order chi connectivity index (χ1) is 12.4. The first-order valence-corrected chi connectivity index (χ1v) is 7.94. The van der Waals surface area contributed by atoms with Crippen molar-refractivity contribution in [2.75, 3.05) is 49.4 Å². The highest BCUT2D eigenvalue weighted by Crippen LogP contribution is 2.35. The number of ether oxygens (including phenoxy) is 3. The van der Waals surface area contributed by atoms with E-state index >= 15 is 0 Å². The Morgan fingerprint density at radius 3 is 2.54 bits per heavy atom. The van der Waals surface area contributed by atoms with Crippen LogP contribution in [0.4, 0.5) is 17.1 Å². The molecule has 0 aliphatic rings. The molecule has 0 fully saturated rings. The van der Waals surface area contributed by atoms with Crippen molar-refractivity contribution in [1.29, 1.82) is 0 Å². The van der Waals surface area contributed by atoms with Gasteiger partial charge in [0.25, 0.3) is 0 Å².